The fraction of sp³-hybridized carbons (Fsp3) is 0.625. The van der Waals surface area contributed by atoms with Gasteiger partial charge in [0.15, 0.2) is 0 Å². The highest BCUT2D eigenvalue weighted by atomic mass is 16.5. The lowest BCUT2D eigenvalue weighted by molar-refractivity contribution is -0.157. The zero-order valence-corrected chi connectivity index (χ0v) is 18.9. The number of carboxylic acid groups (broad SMARTS) is 1. The number of nitrogens with zero attached hydrogens (tertiary/aromatic N) is 1. The van der Waals surface area contributed by atoms with Crippen molar-refractivity contribution in [3.8, 4) is 0 Å². The number of likely N-dealkylation sites (tertiary alicyclic amines) is 1. The zero-order chi connectivity index (χ0) is 23.1. The average molecular weight is 447 g/mol. The lowest BCUT2D eigenvalue weighted by Gasteiger charge is -2.44. The molecule has 3 rings (SSSR count). The first-order valence-electron chi connectivity index (χ1n) is 11.4. The third-order valence-corrected chi connectivity index (χ3v) is 6.54. The Morgan fingerprint density at radius 2 is 2.03 bits per heavy atom. The Hall–Kier alpha value is -2.45. The number of carboxylic acids is 1. The predicted octanol–water partition coefficient (Wildman–Crippen LogP) is 2.01. The Balaban J connectivity index is 1.69. The maximum atomic E-state index is 13.4. The summed E-state index contributed by atoms with van der Waals surface area (Å²) in [5.41, 5.74) is 0.919. The molecule has 1 aromatic rings. The van der Waals surface area contributed by atoms with Gasteiger partial charge in [-0.25, -0.2) is 4.79 Å². The van der Waals surface area contributed by atoms with E-state index in [0.29, 0.717) is 39.0 Å². The van der Waals surface area contributed by atoms with Crippen molar-refractivity contribution in [2.45, 2.75) is 64.1 Å². The van der Waals surface area contributed by atoms with Gasteiger partial charge in [0.2, 0.25) is 5.91 Å². The number of piperidine rings is 1. The van der Waals surface area contributed by atoms with Crippen LogP contribution in [0.4, 0.5) is 0 Å². The van der Waals surface area contributed by atoms with Crippen molar-refractivity contribution in [2.75, 3.05) is 26.4 Å². The lowest BCUT2D eigenvalue weighted by Crippen LogP contribution is -2.60. The molecule has 2 saturated heterocycles. The van der Waals surface area contributed by atoms with Crippen LogP contribution in [0.3, 0.4) is 0 Å². The molecule has 2 aliphatic heterocycles. The van der Waals surface area contributed by atoms with E-state index in [1.165, 1.54) is 4.90 Å². The topological polar surface area (TPSA) is 105 Å². The molecular formula is C24H34N2O6. The minimum Gasteiger partial charge on any atom is -0.480 e. The molecule has 0 radical (unpaired) electrons. The second-order valence-electron chi connectivity index (χ2n) is 8.88. The lowest BCUT2D eigenvalue weighted by atomic mass is 9.77. The molecule has 32 heavy (non-hydrogen) atoms. The van der Waals surface area contributed by atoms with E-state index in [1.807, 2.05) is 30.3 Å². The van der Waals surface area contributed by atoms with Gasteiger partial charge < -0.3 is 19.5 Å². The van der Waals surface area contributed by atoms with E-state index >= 15 is 0 Å². The molecule has 2 aliphatic rings. The van der Waals surface area contributed by atoms with Crippen molar-refractivity contribution in [2.24, 2.45) is 5.41 Å². The summed E-state index contributed by atoms with van der Waals surface area (Å²) in [6.45, 7) is 5.23. The number of esters is 1. The molecule has 1 spiro atoms. The van der Waals surface area contributed by atoms with E-state index in [9.17, 15) is 19.5 Å². The average Bonchev–Trinajstić information content (AvgIpc) is 3.24. The van der Waals surface area contributed by atoms with Crippen molar-refractivity contribution in [1.29, 1.82) is 0 Å². The Kier molecular flexibility index (Phi) is 8.26. The molecule has 2 fully saturated rings. The first-order valence-corrected chi connectivity index (χ1v) is 11.4. The van der Waals surface area contributed by atoms with Crippen LogP contribution in [-0.2, 0) is 30.3 Å². The number of carbonyl (C=O) groups is 3. The highest BCUT2D eigenvalue weighted by Gasteiger charge is 2.46. The number of rotatable bonds is 9. The highest BCUT2D eigenvalue weighted by molar-refractivity contribution is 5.88. The summed E-state index contributed by atoms with van der Waals surface area (Å²) < 4.78 is 10.8. The van der Waals surface area contributed by atoms with Crippen molar-refractivity contribution in [3.63, 3.8) is 0 Å². The van der Waals surface area contributed by atoms with Crippen LogP contribution in [0, 0.1) is 5.41 Å². The van der Waals surface area contributed by atoms with Gasteiger partial charge in [-0.05, 0) is 51.5 Å². The van der Waals surface area contributed by atoms with E-state index < -0.39 is 30.1 Å². The number of ether oxygens (including phenoxy) is 2. The summed E-state index contributed by atoms with van der Waals surface area (Å²) in [5.74, 6) is -1.71. The maximum Gasteiger partial charge on any atom is 0.326 e. The molecule has 0 bridgehead atoms. The van der Waals surface area contributed by atoms with Gasteiger partial charge in [-0.2, -0.15) is 0 Å². The molecule has 4 atom stereocenters. The van der Waals surface area contributed by atoms with Gasteiger partial charge >= 0.3 is 11.9 Å². The zero-order valence-electron chi connectivity index (χ0n) is 18.9. The molecule has 8 heteroatoms. The summed E-state index contributed by atoms with van der Waals surface area (Å²) in [6, 6.07) is 7.56. The highest BCUT2D eigenvalue weighted by Crippen LogP contribution is 2.40. The Bertz CT molecular complexity index is 793. The van der Waals surface area contributed by atoms with Crippen molar-refractivity contribution >= 4 is 17.8 Å². The van der Waals surface area contributed by atoms with Gasteiger partial charge in [0.05, 0.1) is 19.3 Å². The van der Waals surface area contributed by atoms with Gasteiger partial charge in [-0.1, -0.05) is 30.3 Å². The van der Waals surface area contributed by atoms with Gasteiger partial charge in [0, 0.05) is 18.6 Å². The van der Waals surface area contributed by atoms with Gasteiger partial charge in [0.1, 0.15) is 12.1 Å². The van der Waals surface area contributed by atoms with E-state index in [4.69, 9.17) is 9.47 Å². The van der Waals surface area contributed by atoms with E-state index in [2.05, 4.69) is 5.32 Å². The number of amides is 1. The largest absolute Gasteiger partial charge is 0.480 e. The molecule has 2 heterocycles. The van der Waals surface area contributed by atoms with Crippen LogP contribution >= 0.6 is 0 Å². The molecule has 1 amide bonds. The first-order chi connectivity index (χ1) is 15.3. The second-order valence-corrected chi connectivity index (χ2v) is 8.88. The molecule has 0 saturated carbocycles. The molecular weight excluding hydrogens is 412 g/mol. The second kappa shape index (κ2) is 10.9. The smallest absolute Gasteiger partial charge is 0.326 e. The van der Waals surface area contributed by atoms with Crippen LogP contribution in [0.15, 0.2) is 30.3 Å². The molecule has 1 aromatic carbocycles. The Labute approximate surface area is 189 Å². The number of nitrogens with one attached hydrogen (secondary N) is 1. The molecule has 0 aromatic heterocycles. The van der Waals surface area contributed by atoms with Crippen LogP contribution in [0.25, 0.3) is 0 Å². The number of aryl methyl sites for hydroxylation is 1. The summed E-state index contributed by atoms with van der Waals surface area (Å²) in [5, 5.41) is 12.8. The normalized spacial score (nSPS) is 24.8. The number of hydrogen-bond acceptors (Lipinski definition) is 6. The quantitative estimate of drug-likeness (QED) is 0.559. The minimum atomic E-state index is -0.995. The molecule has 2 N–H and O–H groups in total. The van der Waals surface area contributed by atoms with E-state index in [-0.39, 0.29) is 17.9 Å². The number of benzene rings is 1. The SMILES string of the molecule is CCOC(=O)C(CCc1ccccc1)N[C@@H](C)C(=O)N1CC2(CCOC2)CCC1C(=O)O. The minimum absolute atomic E-state index is 0.171. The first kappa shape index (κ1) is 24.2. The fourth-order valence-corrected chi connectivity index (χ4v) is 4.70. The summed E-state index contributed by atoms with van der Waals surface area (Å²) in [7, 11) is 0. The third kappa shape index (κ3) is 5.86. The van der Waals surface area contributed by atoms with Crippen LogP contribution < -0.4 is 5.32 Å². The molecule has 8 nitrogen and oxygen atoms in total. The summed E-state index contributed by atoms with van der Waals surface area (Å²) >= 11 is 0. The molecule has 3 unspecified atom stereocenters. The van der Waals surface area contributed by atoms with Crippen LogP contribution in [0.5, 0.6) is 0 Å². The van der Waals surface area contributed by atoms with Crippen LogP contribution in [-0.4, -0.2) is 72.3 Å². The predicted molar refractivity (Wildman–Crippen MR) is 118 cm³/mol. The van der Waals surface area contributed by atoms with Crippen molar-refractivity contribution in [1.82, 2.24) is 10.2 Å². The van der Waals surface area contributed by atoms with Crippen molar-refractivity contribution < 1.29 is 29.0 Å². The van der Waals surface area contributed by atoms with Gasteiger partial charge in [-0.3, -0.25) is 14.9 Å². The van der Waals surface area contributed by atoms with Crippen LogP contribution in [0.2, 0.25) is 0 Å². The van der Waals surface area contributed by atoms with Gasteiger partial charge in [0.25, 0.3) is 0 Å². The molecule has 176 valence electrons. The third-order valence-electron chi connectivity index (χ3n) is 6.54. The van der Waals surface area contributed by atoms with Crippen LogP contribution in [0.1, 0.15) is 45.1 Å². The number of carbonyl (C=O) groups excluding carboxylic acids is 2. The summed E-state index contributed by atoms with van der Waals surface area (Å²) in [4.78, 5) is 39.2. The van der Waals surface area contributed by atoms with E-state index in [0.717, 1.165) is 18.4 Å². The number of aliphatic carboxylic acids is 1. The number of hydrogen-bond donors (Lipinski definition) is 2. The Morgan fingerprint density at radius 1 is 1.28 bits per heavy atom. The van der Waals surface area contributed by atoms with Gasteiger partial charge in [-0.15, -0.1) is 0 Å². The Morgan fingerprint density at radius 3 is 2.66 bits per heavy atom. The van der Waals surface area contributed by atoms with E-state index in [1.54, 1.807) is 13.8 Å². The summed E-state index contributed by atoms with van der Waals surface area (Å²) in [6.07, 6.45) is 3.10. The fourth-order valence-electron chi connectivity index (χ4n) is 4.70. The maximum absolute atomic E-state index is 13.4. The molecule has 0 aliphatic carbocycles. The monoisotopic (exact) mass is 446 g/mol. The standard InChI is InChI=1S/C24H34N2O6/c1-3-32-23(30)19(10-9-18-7-5-4-6-8-18)25-17(2)21(27)26-15-24(13-14-31-16-24)12-11-20(26)22(28)29/h4-8,17,19-20,25H,3,9-16H2,1-2H3,(H,28,29)/t17-,19?,20?,24?/m0/s1. The van der Waals surface area contributed by atoms with Crippen molar-refractivity contribution in [3.05, 3.63) is 35.9 Å².